The van der Waals surface area contributed by atoms with Gasteiger partial charge in [-0.25, -0.2) is 4.98 Å². The summed E-state index contributed by atoms with van der Waals surface area (Å²) in [7, 11) is 0. The first-order valence-electron chi connectivity index (χ1n) is 10.6. The van der Waals surface area contributed by atoms with Crippen molar-refractivity contribution in [1.82, 2.24) is 14.5 Å². The van der Waals surface area contributed by atoms with Crippen molar-refractivity contribution in [2.24, 2.45) is 11.8 Å². The van der Waals surface area contributed by atoms with Crippen molar-refractivity contribution in [3.63, 3.8) is 0 Å². The molecule has 0 saturated heterocycles. The highest BCUT2D eigenvalue weighted by molar-refractivity contribution is 7.18. The molecule has 0 unspecified atom stereocenters. The number of H-pyrrole nitrogens is 1. The highest BCUT2D eigenvalue weighted by Crippen LogP contribution is 2.36. The van der Waals surface area contributed by atoms with E-state index in [1.807, 2.05) is 6.08 Å². The fourth-order valence-corrected chi connectivity index (χ4v) is 5.79. The number of nitrogens with zero attached hydrogens (tertiary/aromatic N) is 3. The summed E-state index contributed by atoms with van der Waals surface area (Å²) < 4.78 is 2.28. The van der Waals surface area contributed by atoms with Gasteiger partial charge in [-0.2, -0.15) is 5.26 Å². The first-order valence-corrected chi connectivity index (χ1v) is 11.4. The standard InChI is InChI=1S/C24H28N4OS/c1-13(2)12-28-15(4)9-17(16(28)5)10-18(11-25)22-26-23(29)21-19-7-6-14(3)8-20(19)30-24(21)27-22/h9-10,13-14H,6-8,12H2,1-5H3,(H,26,27,29)/b18-10+/t14-/m1/s1. The summed E-state index contributed by atoms with van der Waals surface area (Å²) in [4.78, 5) is 22.5. The molecule has 1 atom stereocenters. The molecule has 0 amide bonds. The van der Waals surface area contributed by atoms with Crippen molar-refractivity contribution in [3.05, 3.63) is 49.6 Å². The fraction of sp³-hybridized carbons (Fsp3) is 0.458. The molecule has 0 saturated carbocycles. The van der Waals surface area contributed by atoms with E-state index in [0.29, 0.717) is 23.2 Å². The van der Waals surface area contributed by atoms with Crippen LogP contribution in [-0.4, -0.2) is 14.5 Å². The molecule has 4 rings (SSSR count). The molecule has 0 aliphatic heterocycles. The molecular weight excluding hydrogens is 392 g/mol. The number of rotatable bonds is 4. The van der Waals surface area contributed by atoms with Gasteiger partial charge in [-0.05, 0) is 68.2 Å². The molecule has 30 heavy (non-hydrogen) atoms. The Morgan fingerprint density at radius 1 is 1.47 bits per heavy atom. The Kier molecular flexibility index (Phi) is 5.42. The van der Waals surface area contributed by atoms with Crippen molar-refractivity contribution in [2.45, 2.75) is 60.4 Å². The second kappa shape index (κ2) is 7.88. The van der Waals surface area contributed by atoms with Gasteiger partial charge < -0.3 is 9.55 Å². The lowest BCUT2D eigenvalue weighted by molar-refractivity contribution is 0.509. The minimum absolute atomic E-state index is 0.131. The van der Waals surface area contributed by atoms with E-state index in [9.17, 15) is 10.1 Å². The van der Waals surface area contributed by atoms with E-state index >= 15 is 0 Å². The lowest BCUT2D eigenvalue weighted by Gasteiger charge is -2.17. The van der Waals surface area contributed by atoms with Crippen LogP contribution < -0.4 is 5.56 Å². The van der Waals surface area contributed by atoms with Gasteiger partial charge in [-0.3, -0.25) is 4.79 Å². The van der Waals surface area contributed by atoms with Gasteiger partial charge in [0.25, 0.3) is 5.56 Å². The number of hydrogen-bond acceptors (Lipinski definition) is 4. The summed E-state index contributed by atoms with van der Waals surface area (Å²) in [5, 5.41) is 10.5. The topological polar surface area (TPSA) is 74.5 Å². The maximum Gasteiger partial charge on any atom is 0.260 e. The predicted molar refractivity (Wildman–Crippen MR) is 124 cm³/mol. The number of aromatic nitrogens is 3. The van der Waals surface area contributed by atoms with E-state index in [1.165, 1.54) is 10.6 Å². The van der Waals surface area contributed by atoms with Crippen LogP contribution in [0.4, 0.5) is 0 Å². The van der Waals surface area contributed by atoms with Crippen LogP contribution in [0.2, 0.25) is 0 Å². The van der Waals surface area contributed by atoms with Crippen LogP contribution in [0.15, 0.2) is 10.9 Å². The molecule has 3 aromatic rings. The van der Waals surface area contributed by atoms with Crippen molar-refractivity contribution < 1.29 is 0 Å². The Labute approximate surface area is 181 Å². The van der Waals surface area contributed by atoms with Crippen molar-refractivity contribution in [2.75, 3.05) is 0 Å². The summed E-state index contributed by atoms with van der Waals surface area (Å²) in [5.74, 6) is 1.53. The van der Waals surface area contributed by atoms with Crippen LogP contribution in [0.5, 0.6) is 0 Å². The monoisotopic (exact) mass is 420 g/mol. The summed E-state index contributed by atoms with van der Waals surface area (Å²) in [6.45, 7) is 11.7. The highest BCUT2D eigenvalue weighted by atomic mass is 32.1. The molecule has 0 aromatic carbocycles. The smallest absolute Gasteiger partial charge is 0.260 e. The number of allylic oxidation sites excluding steroid dienone is 1. The Hall–Kier alpha value is -2.65. The minimum Gasteiger partial charge on any atom is -0.348 e. The van der Waals surface area contributed by atoms with Gasteiger partial charge >= 0.3 is 0 Å². The molecule has 0 bridgehead atoms. The van der Waals surface area contributed by atoms with E-state index in [2.05, 4.69) is 56.3 Å². The molecule has 1 aliphatic rings. The normalized spacial score (nSPS) is 16.8. The molecule has 5 nitrogen and oxygen atoms in total. The largest absolute Gasteiger partial charge is 0.348 e. The molecular formula is C24H28N4OS. The Morgan fingerprint density at radius 3 is 2.93 bits per heavy atom. The number of hydrogen-bond donors (Lipinski definition) is 1. The van der Waals surface area contributed by atoms with E-state index in [1.54, 1.807) is 11.3 Å². The van der Waals surface area contributed by atoms with E-state index in [-0.39, 0.29) is 5.56 Å². The Morgan fingerprint density at radius 2 is 2.23 bits per heavy atom. The van der Waals surface area contributed by atoms with Gasteiger partial charge in [0, 0.05) is 22.8 Å². The molecule has 0 spiro atoms. The highest BCUT2D eigenvalue weighted by Gasteiger charge is 2.23. The lowest BCUT2D eigenvalue weighted by atomic mass is 9.89. The zero-order chi connectivity index (χ0) is 21.6. The number of fused-ring (bicyclic) bond motifs is 3. The number of nitriles is 1. The zero-order valence-corrected chi connectivity index (χ0v) is 19.1. The van der Waals surface area contributed by atoms with Crippen molar-refractivity contribution in [3.8, 4) is 6.07 Å². The van der Waals surface area contributed by atoms with Gasteiger partial charge in [-0.1, -0.05) is 20.8 Å². The summed E-state index contributed by atoms with van der Waals surface area (Å²) in [6.07, 6.45) is 4.89. The average molecular weight is 421 g/mol. The fourth-order valence-electron chi connectivity index (χ4n) is 4.41. The number of aryl methyl sites for hydroxylation is 2. The second-order valence-electron chi connectivity index (χ2n) is 8.95. The Balaban J connectivity index is 1.79. The van der Waals surface area contributed by atoms with Crippen LogP contribution in [-0.2, 0) is 19.4 Å². The quantitative estimate of drug-likeness (QED) is 0.586. The molecule has 3 aromatic heterocycles. The number of nitrogens with one attached hydrogen (secondary N) is 1. The maximum absolute atomic E-state index is 12.9. The maximum atomic E-state index is 12.9. The van der Waals surface area contributed by atoms with Gasteiger partial charge in [0.2, 0.25) is 0 Å². The number of aromatic amines is 1. The van der Waals surface area contributed by atoms with Crippen LogP contribution in [0.25, 0.3) is 21.9 Å². The number of thiophene rings is 1. The minimum atomic E-state index is -0.131. The first kappa shape index (κ1) is 20.6. The predicted octanol–water partition coefficient (Wildman–Crippen LogP) is 5.25. The molecule has 1 aliphatic carbocycles. The van der Waals surface area contributed by atoms with Crippen LogP contribution in [0.3, 0.4) is 0 Å². The summed E-state index contributed by atoms with van der Waals surface area (Å²) in [6, 6.07) is 4.34. The van der Waals surface area contributed by atoms with E-state index in [0.717, 1.165) is 52.8 Å². The average Bonchev–Trinajstić information content (AvgIpc) is 3.17. The molecule has 3 heterocycles. The zero-order valence-electron chi connectivity index (χ0n) is 18.3. The van der Waals surface area contributed by atoms with Gasteiger partial charge in [0.15, 0.2) is 5.82 Å². The first-order chi connectivity index (χ1) is 14.3. The van der Waals surface area contributed by atoms with Gasteiger partial charge in [-0.15, -0.1) is 11.3 Å². The SMILES string of the molecule is Cc1cc(/C=C(\C#N)c2nc3sc4c(c3c(=O)[nH]2)CC[C@@H](C)C4)c(C)n1CC(C)C. The van der Waals surface area contributed by atoms with E-state index in [4.69, 9.17) is 4.98 Å². The van der Waals surface area contributed by atoms with Crippen molar-refractivity contribution >= 4 is 33.2 Å². The molecule has 0 fully saturated rings. The molecule has 156 valence electrons. The lowest BCUT2D eigenvalue weighted by Crippen LogP contribution is -2.14. The Bertz CT molecular complexity index is 1250. The molecule has 6 heteroatoms. The molecule has 1 N–H and O–H groups in total. The molecule has 0 radical (unpaired) electrons. The second-order valence-corrected chi connectivity index (χ2v) is 10.0. The third-order valence-corrected chi connectivity index (χ3v) is 7.15. The van der Waals surface area contributed by atoms with Crippen LogP contribution >= 0.6 is 11.3 Å². The van der Waals surface area contributed by atoms with Crippen LogP contribution in [0, 0.1) is 37.0 Å². The third-order valence-electron chi connectivity index (χ3n) is 6.00. The van der Waals surface area contributed by atoms with E-state index < -0.39 is 0 Å². The van der Waals surface area contributed by atoms with Crippen molar-refractivity contribution in [1.29, 1.82) is 5.26 Å². The van der Waals surface area contributed by atoms with Gasteiger partial charge in [0.1, 0.15) is 10.9 Å². The third kappa shape index (κ3) is 3.63. The summed E-state index contributed by atoms with van der Waals surface area (Å²) >= 11 is 1.61. The summed E-state index contributed by atoms with van der Waals surface area (Å²) in [5.41, 5.74) is 4.70. The van der Waals surface area contributed by atoms with Gasteiger partial charge in [0.05, 0.1) is 11.0 Å². The van der Waals surface area contributed by atoms with Crippen LogP contribution in [0.1, 0.15) is 60.4 Å².